The maximum Gasteiger partial charge on any atom is 0.167 e. The Morgan fingerprint density at radius 3 is 1.84 bits per heavy atom. The number of benzene rings is 6. The van der Waals surface area contributed by atoms with Crippen molar-refractivity contribution in [1.29, 1.82) is 0 Å². The highest BCUT2D eigenvalue weighted by atomic mass is 16.3. The molecular formula is C44H27N5O. The molecule has 6 aromatic carbocycles. The molecule has 6 heteroatoms. The molecule has 0 radical (unpaired) electrons. The van der Waals surface area contributed by atoms with Gasteiger partial charge in [0.25, 0.3) is 0 Å². The van der Waals surface area contributed by atoms with Crippen LogP contribution in [0.25, 0.3) is 89.7 Å². The van der Waals surface area contributed by atoms with Crippen LogP contribution in [0.1, 0.15) is 11.1 Å². The van der Waals surface area contributed by atoms with Gasteiger partial charge in [-0.3, -0.25) is 0 Å². The van der Waals surface area contributed by atoms with Gasteiger partial charge in [-0.25, -0.2) is 24.9 Å². The molecule has 0 unspecified atom stereocenters. The van der Waals surface area contributed by atoms with Crippen LogP contribution in [0.4, 0.5) is 0 Å². The van der Waals surface area contributed by atoms with Gasteiger partial charge in [-0.1, -0.05) is 121 Å². The third-order valence-corrected chi connectivity index (χ3v) is 9.51. The van der Waals surface area contributed by atoms with Gasteiger partial charge in [0.05, 0.1) is 17.0 Å². The zero-order chi connectivity index (χ0) is 33.0. The Morgan fingerprint density at radius 1 is 0.440 bits per heavy atom. The van der Waals surface area contributed by atoms with E-state index in [2.05, 4.69) is 83.8 Å². The Bertz CT molecular complexity index is 2720. The number of nitrogens with zero attached hydrogens (tertiary/aromatic N) is 5. The van der Waals surface area contributed by atoms with Gasteiger partial charge in [0.15, 0.2) is 17.5 Å². The number of rotatable bonds is 5. The summed E-state index contributed by atoms with van der Waals surface area (Å²) in [4.78, 5) is 24.4. The van der Waals surface area contributed by atoms with Crippen molar-refractivity contribution in [3.05, 3.63) is 163 Å². The molecule has 10 rings (SSSR count). The van der Waals surface area contributed by atoms with Crippen molar-refractivity contribution in [2.24, 2.45) is 0 Å². The zero-order valence-corrected chi connectivity index (χ0v) is 26.8. The molecule has 0 saturated heterocycles. The minimum Gasteiger partial charge on any atom is -0.455 e. The molecule has 0 aliphatic heterocycles. The lowest BCUT2D eigenvalue weighted by Gasteiger charge is -2.09. The van der Waals surface area contributed by atoms with Gasteiger partial charge in [0.1, 0.15) is 17.5 Å². The summed E-state index contributed by atoms with van der Waals surface area (Å²) in [6.07, 6.45) is 2.49. The van der Waals surface area contributed by atoms with E-state index in [4.69, 9.17) is 24.4 Å². The minimum atomic E-state index is 0.553. The van der Waals surface area contributed by atoms with Crippen LogP contribution in [0.15, 0.2) is 156 Å². The summed E-state index contributed by atoms with van der Waals surface area (Å²) < 4.78 is 6.59. The van der Waals surface area contributed by atoms with Crippen molar-refractivity contribution in [2.75, 3.05) is 0 Å². The predicted octanol–water partition coefficient (Wildman–Crippen LogP) is 10.5. The SMILES string of the molecule is c1ccc(-c2ccc(-c3nc(-c4ccccc4)nc(-c4cccc5c4oc4ccc(-c6ncnc7c6Cc6ccccc6-7)cc45)n3)cc2)cc1. The molecule has 3 aromatic heterocycles. The first kappa shape index (κ1) is 28.2. The molecule has 0 saturated carbocycles. The largest absolute Gasteiger partial charge is 0.455 e. The molecule has 0 bridgehead atoms. The molecule has 0 atom stereocenters. The standard InChI is InChI=1S/C44H27N5O/c1-3-10-27(11-4-1)28-18-20-30(21-19-28)43-47-42(29-12-5-2-6-13-29)48-44(49-43)35-17-9-16-34-36-25-32(22-23-38(36)50-41(34)35)39-37-24-31-14-7-8-15-33(31)40(37)46-26-45-39/h1-23,25-26H,24H2. The molecule has 0 amide bonds. The van der Waals surface area contributed by atoms with Crippen LogP contribution in [0.3, 0.4) is 0 Å². The maximum atomic E-state index is 6.59. The van der Waals surface area contributed by atoms with Gasteiger partial charge >= 0.3 is 0 Å². The number of hydrogen-bond acceptors (Lipinski definition) is 6. The lowest BCUT2D eigenvalue weighted by Crippen LogP contribution is -2.00. The van der Waals surface area contributed by atoms with Crippen molar-refractivity contribution in [2.45, 2.75) is 6.42 Å². The Hall–Kier alpha value is -6.79. The van der Waals surface area contributed by atoms with Crippen LogP contribution in [0.5, 0.6) is 0 Å². The molecule has 9 aromatic rings. The second-order valence-corrected chi connectivity index (χ2v) is 12.5. The molecule has 0 spiro atoms. The van der Waals surface area contributed by atoms with Crippen LogP contribution in [-0.2, 0) is 6.42 Å². The molecular weight excluding hydrogens is 615 g/mol. The van der Waals surface area contributed by atoms with E-state index in [1.807, 2.05) is 66.7 Å². The predicted molar refractivity (Wildman–Crippen MR) is 198 cm³/mol. The number of aromatic nitrogens is 5. The second-order valence-electron chi connectivity index (χ2n) is 12.5. The van der Waals surface area contributed by atoms with E-state index in [1.165, 1.54) is 11.1 Å². The minimum absolute atomic E-state index is 0.553. The average molecular weight is 642 g/mol. The molecule has 0 fully saturated rings. The van der Waals surface area contributed by atoms with Gasteiger partial charge in [-0.2, -0.15) is 0 Å². The number of para-hydroxylation sites is 1. The highest BCUT2D eigenvalue weighted by Gasteiger charge is 2.24. The fourth-order valence-electron chi connectivity index (χ4n) is 7.06. The van der Waals surface area contributed by atoms with E-state index >= 15 is 0 Å². The Labute approximate surface area is 287 Å². The first-order valence-corrected chi connectivity index (χ1v) is 16.6. The Kier molecular flexibility index (Phi) is 6.45. The van der Waals surface area contributed by atoms with Crippen molar-refractivity contribution >= 4 is 21.9 Å². The molecule has 50 heavy (non-hydrogen) atoms. The number of hydrogen-bond donors (Lipinski definition) is 0. The van der Waals surface area contributed by atoms with Crippen LogP contribution in [0.2, 0.25) is 0 Å². The first-order chi connectivity index (χ1) is 24.8. The van der Waals surface area contributed by atoms with E-state index in [-0.39, 0.29) is 0 Å². The molecule has 0 N–H and O–H groups in total. The maximum absolute atomic E-state index is 6.59. The van der Waals surface area contributed by atoms with Gasteiger partial charge in [-0.15, -0.1) is 0 Å². The van der Waals surface area contributed by atoms with E-state index in [0.29, 0.717) is 17.5 Å². The van der Waals surface area contributed by atoms with Crippen molar-refractivity contribution in [3.8, 4) is 67.8 Å². The van der Waals surface area contributed by atoms with Crippen LogP contribution in [-0.4, -0.2) is 24.9 Å². The van der Waals surface area contributed by atoms with Crippen molar-refractivity contribution < 1.29 is 4.42 Å². The van der Waals surface area contributed by atoms with E-state index in [1.54, 1.807) is 6.33 Å². The molecule has 1 aliphatic rings. The first-order valence-electron chi connectivity index (χ1n) is 16.6. The van der Waals surface area contributed by atoms with Gasteiger partial charge < -0.3 is 4.42 Å². The van der Waals surface area contributed by atoms with Gasteiger partial charge in [-0.05, 0) is 41.0 Å². The third-order valence-electron chi connectivity index (χ3n) is 9.51. The normalized spacial score (nSPS) is 11.9. The smallest absolute Gasteiger partial charge is 0.167 e. The molecule has 6 nitrogen and oxygen atoms in total. The summed E-state index contributed by atoms with van der Waals surface area (Å²) in [5.41, 5.74) is 13.1. The summed E-state index contributed by atoms with van der Waals surface area (Å²) >= 11 is 0. The monoisotopic (exact) mass is 641 g/mol. The lowest BCUT2D eigenvalue weighted by atomic mass is 10.0. The van der Waals surface area contributed by atoms with Gasteiger partial charge in [0.2, 0.25) is 0 Å². The van der Waals surface area contributed by atoms with Crippen LogP contribution < -0.4 is 0 Å². The average Bonchev–Trinajstić information content (AvgIpc) is 3.77. The Morgan fingerprint density at radius 2 is 1.04 bits per heavy atom. The number of furan rings is 1. The van der Waals surface area contributed by atoms with Crippen molar-refractivity contribution in [3.63, 3.8) is 0 Å². The van der Waals surface area contributed by atoms with E-state index in [9.17, 15) is 0 Å². The third kappa shape index (κ3) is 4.69. The lowest BCUT2D eigenvalue weighted by molar-refractivity contribution is 0.669. The summed E-state index contributed by atoms with van der Waals surface area (Å²) in [7, 11) is 0. The van der Waals surface area contributed by atoms with Crippen molar-refractivity contribution in [1.82, 2.24) is 24.9 Å². The van der Waals surface area contributed by atoms with E-state index in [0.717, 1.165) is 78.7 Å². The zero-order valence-electron chi connectivity index (χ0n) is 26.8. The summed E-state index contributed by atoms with van der Waals surface area (Å²) in [6.45, 7) is 0. The quantitative estimate of drug-likeness (QED) is 0.186. The van der Waals surface area contributed by atoms with Crippen LogP contribution >= 0.6 is 0 Å². The molecule has 3 heterocycles. The number of fused-ring (bicyclic) bond motifs is 6. The topological polar surface area (TPSA) is 77.6 Å². The van der Waals surface area contributed by atoms with Crippen LogP contribution in [0, 0.1) is 0 Å². The summed E-state index contributed by atoms with van der Waals surface area (Å²) in [5.74, 6) is 1.76. The highest BCUT2D eigenvalue weighted by Crippen LogP contribution is 2.41. The molecule has 1 aliphatic carbocycles. The van der Waals surface area contributed by atoms with E-state index < -0.39 is 0 Å². The summed E-state index contributed by atoms with van der Waals surface area (Å²) in [6, 6.07) is 49.7. The highest BCUT2D eigenvalue weighted by molar-refractivity contribution is 6.10. The molecule has 234 valence electrons. The second kappa shape index (κ2) is 11.4. The fourth-order valence-corrected chi connectivity index (χ4v) is 7.06. The Balaban J connectivity index is 1.10. The summed E-state index contributed by atoms with van der Waals surface area (Å²) in [5, 5.41) is 2.00. The van der Waals surface area contributed by atoms with Gasteiger partial charge in [0, 0.05) is 45.0 Å². The fraction of sp³-hybridized carbons (Fsp3) is 0.0227.